The number of ether oxygens (including phenoxy) is 2. The molecule has 2 fully saturated rings. The largest absolute Gasteiger partial charge is 0.381 e. The second kappa shape index (κ2) is 5.80. The lowest BCUT2D eigenvalue weighted by Crippen LogP contribution is -2.44. The molecule has 4 heteroatoms. The van der Waals surface area contributed by atoms with Gasteiger partial charge < -0.3 is 15.2 Å². The Kier molecular flexibility index (Phi) is 4.38. The van der Waals surface area contributed by atoms with Gasteiger partial charge in [-0.25, -0.2) is 0 Å². The molecule has 0 aliphatic carbocycles. The van der Waals surface area contributed by atoms with Crippen molar-refractivity contribution in [3.05, 3.63) is 0 Å². The van der Waals surface area contributed by atoms with Crippen LogP contribution in [0.1, 0.15) is 12.8 Å². The number of nitrogens with two attached hydrogens (primary N) is 1. The quantitative estimate of drug-likeness (QED) is 0.703. The smallest absolute Gasteiger partial charge is 0.0714 e. The van der Waals surface area contributed by atoms with Crippen molar-refractivity contribution in [3.63, 3.8) is 0 Å². The Morgan fingerprint density at radius 1 is 1.27 bits per heavy atom. The first kappa shape index (κ1) is 11.3. The summed E-state index contributed by atoms with van der Waals surface area (Å²) >= 11 is 0. The Morgan fingerprint density at radius 3 is 2.80 bits per heavy atom. The molecule has 1 atom stereocenters. The van der Waals surface area contributed by atoms with Gasteiger partial charge in [-0.1, -0.05) is 0 Å². The predicted octanol–water partition coefficient (Wildman–Crippen LogP) is 0.0725. The van der Waals surface area contributed by atoms with Crippen LogP contribution in [-0.2, 0) is 9.47 Å². The topological polar surface area (TPSA) is 47.7 Å². The first-order chi connectivity index (χ1) is 7.38. The Morgan fingerprint density at radius 2 is 2.13 bits per heavy atom. The number of rotatable bonds is 5. The predicted molar refractivity (Wildman–Crippen MR) is 58.8 cm³/mol. The molecule has 0 radical (unpaired) electrons. The second-order valence-corrected chi connectivity index (χ2v) is 4.56. The van der Waals surface area contributed by atoms with Gasteiger partial charge in [-0.05, 0) is 25.9 Å². The molecule has 0 saturated carbocycles. The zero-order chi connectivity index (χ0) is 10.5. The van der Waals surface area contributed by atoms with Crippen LogP contribution in [0.3, 0.4) is 0 Å². The highest BCUT2D eigenvalue weighted by Gasteiger charge is 2.23. The summed E-state index contributed by atoms with van der Waals surface area (Å²) in [6.45, 7) is 6.87. The van der Waals surface area contributed by atoms with Crippen molar-refractivity contribution in [2.24, 2.45) is 11.7 Å². The van der Waals surface area contributed by atoms with Crippen LogP contribution in [0.15, 0.2) is 0 Å². The summed E-state index contributed by atoms with van der Waals surface area (Å²) in [7, 11) is 0. The van der Waals surface area contributed by atoms with Crippen molar-refractivity contribution in [3.8, 4) is 0 Å². The van der Waals surface area contributed by atoms with Crippen LogP contribution in [0.25, 0.3) is 0 Å². The van der Waals surface area contributed by atoms with Crippen LogP contribution in [0, 0.1) is 5.92 Å². The highest BCUT2D eigenvalue weighted by atomic mass is 16.5. The fourth-order valence-corrected chi connectivity index (χ4v) is 2.16. The van der Waals surface area contributed by atoms with Crippen molar-refractivity contribution >= 4 is 0 Å². The van der Waals surface area contributed by atoms with Gasteiger partial charge in [-0.15, -0.1) is 0 Å². The first-order valence-corrected chi connectivity index (χ1v) is 6.00. The standard InChI is InChI=1S/C11H22N2O2/c12-3-1-11-7-13(5-6-15-11)4-2-10-8-14-9-10/h10-11H,1-9,12H2. The van der Waals surface area contributed by atoms with E-state index in [1.54, 1.807) is 0 Å². The molecule has 0 aromatic carbocycles. The molecule has 88 valence electrons. The summed E-state index contributed by atoms with van der Waals surface area (Å²) in [5.41, 5.74) is 5.54. The number of nitrogens with zero attached hydrogens (tertiary/aromatic N) is 1. The maximum Gasteiger partial charge on any atom is 0.0714 e. The fraction of sp³-hybridized carbons (Fsp3) is 1.00. The molecule has 1 unspecified atom stereocenters. The maximum absolute atomic E-state index is 5.65. The highest BCUT2D eigenvalue weighted by Crippen LogP contribution is 2.16. The van der Waals surface area contributed by atoms with Crippen molar-refractivity contribution in [1.29, 1.82) is 0 Å². The van der Waals surface area contributed by atoms with Crippen LogP contribution in [0.4, 0.5) is 0 Å². The van der Waals surface area contributed by atoms with E-state index < -0.39 is 0 Å². The van der Waals surface area contributed by atoms with Crippen molar-refractivity contribution in [2.45, 2.75) is 18.9 Å². The van der Waals surface area contributed by atoms with E-state index in [1.807, 2.05) is 0 Å². The number of hydrogen-bond acceptors (Lipinski definition) is 4. The van der Waals surface area contributed by atoms with Gasteiger partial charge in [0.15, 0.2) is 0 Å². The summed E-state index contributed by atoms with van der Waals surface area (Å²) < 4.78 is 10.8. The molecule has 15 heavy (non-hydrogen) atoms. The van der Waals surface area contributed by atoms with E-state index in [1.165, 1.54) is 13.0 Å². The molecule has 0 bridgehead atoms. The van der Waals surface area contributed by atoms with E-state index in [4.69, 9.17) is 15.2 Å². The first-order valence-electron chi connectivity index (χ1n) is 6.00. The molecular weight excluding hydrogens is 192 g/mol. The maximum atomic E-state index is 5.65. The third-order valence-corrected chi connectivity index (χ3v) is 3.27. The van der Waals surface area contributed by atoms with E-state index >= 15 is 0 Å². The van der Waals surface area contributed by atoms with Gasteiger partial charge in [-0.3, -0.25) is 4.90 Å². The van der Waals surface area contributed by atoms with Crippen molar-refractivity contribution in [2.75, 3.05) is 46.0 Å². The summed E-state index contributed by atoms with van der Waals surface area (Å²) in [4.78, 5) is 2.50. The Labute approximate surface area is 91.7 Å². The van der Waals surface area contributed by atoms with Gasteiger partial charge in [-0.2, -0.15) is 0 Å². The van der Waals surface area contributed by atoms with Crippen LogP contribution < -0.4 is 5.73 Å². The van der Waals surface area contributed by atoms with Gasteiger partial charge in [0.2, 0.25) is 0 Å². The molecule has 4 nitrogen and oxygen atoms in total. The molecule has 2 aliphatic rings. The van der Waals surface area contributed by atoms with Gasteiger partial charge >= 0.3 is 0 Å². The number of morpholine rings is 1. The molecule has 0 aromatic heterocycles. The van der Waals surface area contributed by atoms with Crippen LogP contribution >= 0.6 is 0 Å². The van der Waals surface area contributed by atoms with Gasteiger partial charge in [0.25, 0.3) is 0 Å². The number of hydrogen-bond donors (Lipinski definition) is 1. The molecule has 0 amide bonds. The molecule has 2 rings (SSSR count). The SMILES string of the molecule is NCCC1CN(CCC2COC2)CCO1. The molecule has 2 heterocycles. The lowest BCUT2D eigenvalue weighted by atomic mass is 10.0. The lowest BCUT2D eigenvalue weighted by Gasteiger charge is -2.35. The average Bonchev–Trinajstić information content (AvgIpc) is 2.16. The van der Waals surface area contributed by atoms with Gasteiger partial charge in [0.1, 0.15) is 0 Å². The minimum atomic E-state index is 0.362. The van der Waals surface area contributed by atoms with Gasteiger partial charge in [0, 0.05) is 19.0 Å². The molecule has 2 aliphatic heterocycles. The Balaban J connectivity index is 1.63. The highest BCUT2D eigenvalue weighted by molar-refractivity contribution is 4.74. The van der Waals surface area contributed by atoms with Crippen molar-refractivity contribution in [1.82, 2.24) is 4.90 Å². The minimum Gasteiger partial charge on any atom is -0.381 e. The van der Waals surface area contributed by atoms with Crippen LogP contribution in [0.5, 0.6) is 0 Å². The van der Waals surface area contributed by atoms with E-state index in [0.29, 0.717) is 6.10 Å². The van der Waals surface area contributed by atoms with E-state index in [0.717, 1.165) is 51.8 Å². The van der Waals surface area contributed by atoms with Gasteiger partial charge in [0.05, 0.1) is 25.9 Å². The van der Waals surface area contributed by atoms with E-state index in [9.17, 15) is 0 Å². The molecule has 2 N–H and O–H groups in total. The Bertz CT molecular complexity index is 183. The molecule has 0 spiro atoms. The summed E-state index contributed by atoms with van der Waals surface area (Å²) in [5.74, 6) is 0.806. The normalized spacial score (nSPS) is 29.0. The monoisotopic (exact) mass is 214 g/mol. The third kappa shape index (κ3) is 3.41. The van der Waals surface area contributed by atoms with Crippen LogP contribution in [-0.4, -0.2) is 57.0 Å². The summed E-state index contributed by atoms with van der Waals surface area (Å²) in [6.07, 6.45) is 2.62. The molecule has 0 aromatic rings. The summed E-state index contributed by atoms with van der Waals surface area (Å²) in [6, 6.07) is 0. The average molecular weight is 214 g/mol. The fourth-order valence-electron chi connectivity index (χ4n) is 2.16. The van der Waals surface area contributed by atoms with E-state index in [-0.39, 0.29) is 0 Å². The molecule has 2 saturated heterocycles. The van der Waals surface area contributed by atoms with Crippen LogP contribution in [0.2, 0.25) is 0 Å². The van der Waals surface area contributed by atoms with E-state index in [2.05, 4.69) is 4.90 Å². The zero-order valence-corrected chi connectivity index (χ0v) is 9.36. The Hall–Kier alpha value is -0.160. The second-order valence-electron chi connectivity index (χ2n) is 4.56. The zero-order valence-electron chi connectivity index (χ0n) is 9.36. The lowest BCUT2D eigenvalue weighted by molar-refractivity contribution is -0.0554. The molecular formula is C11H22N2O2. The summed E-state index contributed by atoms with van der Waals surface area (Å²) in [5, 5.41) is 0. The van der Waals surface area contributed by atoms with Crippen molar-refractivity contribution < 1.29 is 9.47 Å². The third-order valence-electron chi connectivity index (χ3n) is 3.27. The minimum absolute atomic E-state index is 0.362.